The highest BCUT2D eigenvalue weighted by atomic mass is 15.2. The summed E-state index contributed by atoms with van der Waals surface area (Å²) in [5.74, 6) is 0.970. The number of nitrogens with zero attached hydrogens (tertiary/aromatic N) is 1. The van der Waals surface area contributed by atoms with Crippen molar-refractivity contribution in [2.75, 3.05) is 13.1 Å². The summed E-state index contributed by atoms with van der Waals surface area (Å²) < 4.78 is 0. The first-order valence-corrected chi connectivity index (χ1v) is 6.67. The largest absolute Gasteiger partial charge is 0.311 e. The molecule has 2 nitrogen and oxygen atoms in total. The molecule has 15 heavy (non-hydrogen) atoms. The van der Waals surface area contributed by atoms with Crippen LogP contribution in [0.1, 0.15) is 46.5 Å². The minimum absolute atomic E-state index is 0.671. The lowest BCUT2D eigenvalue weighted by atomic mass is 9.95. The van der Waals surface area contributed by atoms with E-state index in [4.69, 9.17) is 0 Å². The molecule has 1 saturated heterocycles. The first-order chi connectivity index (χ1) is 7.18. The van der Waals surface area contributed by atoms with E-state index in [1.807, 2.05) is 0 Å². The molecular formula is C13H26N2. The van der Waals surface area contributed by atoms with Crippen LogP contribution in [0.15, 0.2) is 0 Å². The zero-order chi connectivity index (χ0) is 10.8. The Hall–Kier alpha value is -0.0800. The van der Waals surface area contributed by atoms with E-state index in [9.17, 15) is 0 Å². The molecule has 2 rings (SSSR count). The van der Waals surface area contributed by atoms with Crippen LogP contribution in [0.2, 0.25) is 0 Å². The van der Waals surface area contributed by atoms with Gasteiger partial charge in [0.2, 0.25) is 0 Å². The Morgan fingerprint density at radius 3 is 2.53 bits per heavy atom. The Morgan fingerprint density at radius 1 is 1.20 bits per heavy atom. The van der Waals surface area contributed by atoms with Gasteiger partial charge in [-0.2, -0.15) is 0 Å². The Morgan fingerprint density at radius 2 is 1.87 bits per heavy atom. The highest BCUT2D eigenvalue weighted by Crippen LogP contribution is 2.31. The molecule has 0 aromatic rings. The van der Waals surface area contributed by atoms with Gasteiger partial charge in [0, 0.05) is 31.2 Å². The Bertz CT molecular complexity index is 199. The SMILES string of the molecule is CC1CN(C(C)C2CCCC2)C(C)CN1. The van der Waals surface area contributed by atoms with Crippen molar-refractivity contribution in [1.29, 1.82) is 0 Å². The van der Waals surface area contributed by atoms with Gasteiger partial charge in [-0.15, -0.1) is 0 Å². The van der Waals surface area contributed by atoms with Crippen molar-refractivity contribution < 1.29 is 0 Å². The van der Waals surface area contributed by atoms with Crippen molar-refractivity contribution in [3.63, 3.8) is 0 Å². The average Bonchev–Trinajstić information content (AvgIpc) is 2.74. The second-order valence-corrected chi connectivity index (χ2v) is 5.64. The summed E-state index contributed by atoms with van der Waals surface area (Å²) in [7, 11) is 0. The summed E-state index contributed by atoms with van der Waals surface area (Å²) in [6.45, 7) is 9.52. The average molecular weight is 210 g/mol. The molecule has 1 saturated carbocycles. The van der Waals surface area contributed by atoms with Crippen LogP contribution in [0.4, 0.5) is 0 Å². The van der Waals surface area contributed by atoms with Gasteiger partial charge < -0.3 is 5.32 Å². The van der Waals surface area contributed by atoms with Crippen molar-refractivity contribution in [2.45, 2.75) is 64.6 Å². The van der Waals surface area contributed by atoms with Crippen LogP contribution in [0.25, 0.3) is 0 Å². The molecular weight excluding hydrogens is 184 g/mol. The van der Waals surface area contributed by atoms with Gasteiger partial charge in [0.1, 0.15) is 0 Å². The maximum Gasteiger partial charge on any atom is 0.0196 e. The molecule has 3 atom stereocenters. The third-order valence-corrected chi connectivity index (χ3v) is 4.42. The summed E-state index contributed by atoms with van der Waals surface area (Å²) >= 11 is 0. The second kappa shape index (κ2) is 4.84. The normalized spacial score (nSPS) is 37.0. The summed E-state index contributed by atoms with van der Waals surface area (Å²) in [5.41, 5.74) is 0. The zero-order valence-corrected chi connectivity index (χ0v) is 10.5. The predicted octanol–water partition coefficient (Wildman–Crippen LogP) is 2.25. The standard InChI is InChI=1S/C13H26N2/c1-10-9-15(11(2)8-14-10)12(3)13-6-4-5-7-13/h10-14H,4-9H2,1-3H3. The fraction of sp³-hybridized carbons (Fsp3) is 1.00. The molecule has 0 radical (unpaired) electrons. The van der Waals surface area contributed by atoms with Crippen molar-refractivity contribution in [2.24, 2.45) is 5.92 Å². The van der Waals surface area contributed by atoms with Crippen molar-refractivity contribution in [3.8, 4) is 0 Å². The topological polar surface area (TPSA) is 15.3 Å². The van der Waals surface area contributed by atoms with Gasteiger partial charge in [-0.05, 0) is 39.5 Å². The van der Waals surface area contributed by atoms with Crippen molar-refractivity contribution >= 4 is 0 Å². The van der Waals surface area contributed by atoms with E-state index in [-0.39, 0.29) is 0 Å². The van der Waals surface area contributed by atoms with Crippen LogP contribution in [-0.4, -0.2) is 36.1 Å². The summed E-state index contributed by atoms with van der Waals surface area (Å²) in [6.07, 6.45) is 5.86. The summed E-state index contributed by atoms with van der Waals surface area (Å²) in [4.78, 5) is 2.73. The van der Waals surface area contributed by atoms with Gasteiger partial charge in [0.05, 0.1) is 0 Å². The van der Waals surface area contributed by atoms with E-state index in [1.54, 1.807) is 0 Å². The number of hydrogen-bond donors (Lipinski definition) is 1. The molecule has 3 unspecified atom stereocenters. The van der Waals surface area contributed by atoms with E-state index >= 15 is 0 Å². The molecule has 0 amide bonds. The molecule has 0 aromatic carbocycles. The van der Waals surface area contributed by atoms with Crippen LogP contribution in [0, 0.1) is 5.92 Å². The number of rotatable bonds is 2. The van der Waals surface area contributed by atoms with Crippen molar-refractivity contribution in [3.05, 3.63) is 0 Å². The maximum absolute atomic E-state index is 3.57. The fourth-order valence-electron chi connectivity index (χ4n) is 3.33. The highest BCUT2D eigenvalue weighted by molar-refractivity contribution is 4.88. The molecule has 0 bridgehead atoms. The molecule has 1 heterocycles. The smallest absolute Gasteiger partial charge is 0.0196 e. The van der Waals surface area contributed by atoms with Gasteiger partial charge >= 0.3 is 0 Å². The van der Waals surface area contributed by atoms with Gasteiger partial charge in [0.15, 0.2) is 0 Å². The molecule has 1 aliphatic heterocycles. The Kier molecular flexibility index (Phi) is 3.68. The summed E-state index contributed by atoms with van der Waals surface area (Å²) in [6, 6.07) is 2.19. The van der Waals surface area contributed by atoms with Crippen LogP contribution >= 0.6 is 0 Å². The zero-order valence-electron chi connectivity index (χ0n) is 10.5. The van der Waals surface area contributed by atoms with E-state index in [0.29, 0.717) is 6.04 Å². The lowest BCUT2D eigenvalue weighted by Crippen LogP contribution is -2.58. The van der Waals surface area contributed by atoms with E-state index in [1.165, 1.54) is 32.2 Å². The number of piperazine rings is 1. The minimum Gasteiger partial charge on any atom is -0.311 e. The molecule has 2 fully saturated rings. The monoisotopic (exact) mass is 210 g/mol. The maximum atomic E-state index is 3.57. The van der Waals surface area contributed by atoms with Crippen molar-refractivity contribution in [1.82, 2.24) is 10.2 Å². The second-order valence-electron chi connectivity index (χ2n) is 5.64. The van der Waals surface area contributed by atoms with Crippen LogP contribution < -0.4 is 5.32 Å². The lowest BCUT2D eigenvalue weighted by Gasteiger charge is -2.43. The third-order valence-electron chi connectivity index (χ3n) is 4.42. The first kappa shape index (κ1) is 11.4. The van der Waals surface area contributed by atoms with E-state index in [0.717, 1.165) is 24.5 Å². The minimum atomic E-state index is 0.671. The Balaban J connectivity index is 1.94. The molecule has 2 aliphatic rings. The molecule has 0 spiro atoms. The molecule has 2 heteroatoms. The van der Waals surface area contributed by atoms with Crippen LogP contribution in [-0.2, 0) is 0 Å². The van der Waals surface area contributed by atoms with E-state index < -0.39 is 0 Å². The first-order valence-electron chi connectivity index (χ1n) is 6.67. The highest BCUT2D eigenvalue weighted by Gasteiger charge is 2.31. The number of hydrogen-bond acceptors (Lipinski definition) is 2. The van der Waals surface area contributed by atoms with E-state index in [2.05, 4.69) is 31.0 Å². The van der Waals surface area contributed by atoms with Crippen LogP contribution in [0.3, 0.4) is 0 Å². The Labute approximate surface area is 94.4 Å². The third kappa shape index (κ3) is 2.54. The molecule has 1 aliphatic carbocycles. The van der Waals surface area contributed by atoms with Crippen LogP contribution in [0.5, 0.6) is 0 Å². The van der Waals surface area contributed by atoms with Gasteiger partial charge in [0.25, 0.3) is 0 Å². The number of nitrogens with one attached hydrogen (secondary N) is 1. The van der Waals surface area contributed by atoms with Gasteiger partial charge in [-0.1, -0.05) is 12.8 Å². The predicted molar refractivity (Wildman–Crippen MR) is 65.1 cm³/mol. The lowest BCUT2D eigenvalue weighted by molar-refractivity contribution is 0.0727. The van der Waals surface area contributed by atoms with Gasteiger partial charge in [-0.3, -0.25) is 4.90 Å². The fourth-order valence-corrected chi connectivity index (χ4v) is 3.33. The van der Waals surface area contributed by atoms with Gasteiger partial charge in [-0.25, -0.2) is 0 Å². The molecule has 88 valence electrons. The molecule has 1 N–H and O–H groups in total. The quantitative estimate of drug-likeness (QED) is 0.752. The summed E-state index contributed by atoms with van der Waals surface area (Å²) in [5, 5.41) is 3.57. The molecule has 0 aromatic heterocycles.